The predicted molar refractivity (Wildman–Crippen MR) is 150 cm³/mol. The number of aliphatic hydroxyl groups excluding tert-OH is 1. The average molecular weight is 605 g/mol. The quantitative estimate of drug-likeness (QED) is 0.113. The van der Waals surface area contributed by atoms with Crippen LogP contribution >= 0.6 is 7.75 Å². The zero-order valence-electron chi connectivity index (χ0n) is 23.3. The van der Waals surface area contributed by atoms with E-state index in [4.69, 9.17) is 30.7 Å². The molecule has 1 unspecified atom stereocenters. The molecule has 4 N–H and O–H groups in total. The van der Waals surface area contributed by atoms with E-state index in [1.807, 2.05) is 0 Å². The maximum Gasteiger partial charge on any atom is 0.459 e. The number of hydrogen-bond acceptors (Lipinski definition) is 11. The Bertz CT molecular complexity index is 1460. The number of para-hydroxylation sites is 1. The summed E-state index contributed by atoms with van der Waals surface area (Å²) < 4.78 is 52.7. The van der Waals surface area contributed by atoms with Gasteiger partial charge in [0.25, 0.3) is 0 Å². The molecule has 0 spiro atoms. The van der Waals surface area contributed by atoms with E-state index in [2.05, 4.69) is 26.0 Å². The van der Waals surface area contributed by atoms with Gasteiger partial charge in [0, 0.05) is 7.11 Å². The molecule has 0 amide bonds. The Labute approximate surface area is 242 Å². The second-order valence-electron chi connectivity index (χ2n) is 9.89. The number of nitrogen functional groups attached to an aromatic ring is 1. The first-order valence-corrected chi connectivity index (χ1v) is 14.9. The molecule has 4 rings (SSSR count). The van der Waals surface area contributed by atoms with Gasteiger partial charge in [-0.2, -0.15) is 19.4 Å². The fourth-order valence-corrected chi connectivity index (χ4v) is 6.32. The number of nitrogens with two attached hydrogens (primary N) is 1. The lowest BCUT2D eigenvalue weighted by molar-refractivity contribution is -0.152. The summed E-state index contributed by atoms with van der Waals surface area (Å²) in [5, 5.41) is 13.0. The lowest BCUT2D eigenvalue weighted by atomic mass is 9.98. The topological polar surface area (TPSA) is 173 Å². The summed E-state index contributed by atoms with van der Waals surface area (Å²) in [6, 6.07) is 7.00. The molecule has 2 aromatic heterocycles. The van der Waals surface area contributed by atoms with Crippen LogP contribution in [0.25, 0.3) is 11.2 Å². The molecule has 3 aromatic rings. The zero-order valence-corrected chi connectivity index (χ0v) is 24.2. The maximum atomic E-state index is 14.4. The number of esters is 1. The van der Waals surface area contributed by atoms with Gasteiger partial charge in [-0.3, -0.25) is 9.32 Å². The number of rotatable bonds is 13. The Morgan fingerprint density at radius 2 is 2.02 bits per heavy atom. The van der Waals surface area contributed by atoms with E-state index in [0.717, 1.165) is 32.1 Å². The molecule has 2 heterocycles. The third kappa shape index (κ3) is 7.24. The van der Waals surface area contributed by atoms with Crippen LogP contribution in [0.1, 0.15) is 39.0 Å². The highest BCUT2D eigenvalue weighted by Crippen LogP contribution is 2.48. The normalized spacial score (nSPS) is 18.4. The molecule has 0 bridgehead atoms. The summed E-state index contributed by atoms with van der Waals surface area (Å²) in [7, 11) is -3.26. The van der Waals surface area contributed by atoms with Gasteiger partial charge in [0.15, 0.2) is 17.1 Å². The van der Waals surface area contributed by atoms with Crippen LogP contribution in [0.5, 0.6) is 5.75 Å². The van der Waals surface area contributed by atoms with Gasteiger partial charge in [-0.15, -0.1) is 6.42 Å². The molecule has 15 heteroatoms. The van der Waals surface area contributed by atoms with Crippen molar-refractivity contribution in [2.24, 2.45) is 0 Å². The van der Waals surface area contributed by atoms with Crippen molar-refractivity contribution < 1.29 is 37.4 Å². The summed E-state index contributed by atoms with van der Waals surface area (Å²) in [5.41, 5.74) is 4.00. The zero-order chi connectivity index (χ0) is 30.3. The first kappa shape index (κ1) is 31.3. The number of anilines is 1. The second-order valence-corrected chi connectivity index (χ2v) is 11.5. The van der Waals surface area contributed by atoms with Gasteiger partial charge >= 0.3 is 19.8 Å². The van der Waals surface area contributed by atoms with E-state index >= 15 is 0 Å². The highest BCUT2D eigenvalue weighted by atomic mass is 31.2. The SMILES string of the molecule is C#C[C@](CO)(OC)[C@H](Cn1cnc2c(N)nc(F)nc21)OP(=O)(N[C@@H](C)C(=O)OC1CCCCC1)Oc1ccccc1. The van der Waals surface area contributed by atoms with Crippen molar-refractivity contribution >= 4 is 30.7 Å². The van der Waals surface area contributed by atoms with Gasteiger partial charge in [0.2, 0.25) is 0 Å². The van der Waals surface area contributed by atoms with Crippen LogP contribution in [-0.2, 0) is 29.9 Å². The number of aliphatic hydroxyl groups is 1. The fourth-order valence-electron chi connectivity index (χ4n) is 4.62. The summed E-state index contributed by atoms with van der Waals surface area (Å²) in [4.78, 5) is 24.3. The Balaban J connectivity index is 1.68. The minimum Gasteiger partial charge on any atom is -0.461 e. The molecule has 0 saturated heterocycles. The number of nitrogens with one attached hydrogen (secondary N) is 1. The van der Waals surface area contributed by atoms with Crippen molar-refractivity contribution in [3.8, 4) is 18.1 Å². The van der Waals surface area contributed by atoms with Crippen LogP contribution in [0.2, 0.25) is 0 Å². The fraction of sp³-hybridized carbons (Fsp3) is 0.481. The van der Waals surface area contributed by atoms with E-state index in [9.17, 15) is 18.9 Å². The van der Waals surface area contributed by atoms with Crippen molar-refractivity contribution in [2.45, 2.75) is 69.4 Å². The van der Waals surface area contributed by atoms with Gasteiger partial charge in [-0.1, -0.05) is 30.5 Å². The van der Waals surface area contributed by atoms with Crippen molar-refractivity contribution in [1.29, 1.82) is 0 Å². The van der Waals surface area contributed by atoms with Crippen LogP contribution in [0, 0.1) is 18.4 Å². The van der Waals surface area contributed by atoms with E-state index in [1.54, 1.807) is 30.3 Å². The van der Waals surface area contributed by atoms with E-state index in [-0.39, 0.29) is 35.4 Å². The summed E-state index contributed by atoms with van der Waals surface area (Å²) in [6.07, 6.45) is 8.77. The molecule has 4 atom stereocenters. The molecule has 1 aliphatic carbocycles. The van der Waals surface area contributed by atoms with E-state index in [0.29, 0.717) is 0 Å². The van der Waals surface area contributed by atoms with Gasteiger partial charge in [-0.25, -0.2) is 9.55 Å². The number of hydrogen-bond donors (Lipinski definition) is 3. The number of nitrogens with zero attached hydrogens (tertiary/aromatic N) is 4. The highest BCUT2D eigenvalue weighted by molar-refractivity contribution is 7.52. The number of methoxy groups -OCH3 is 1. The smallest absolute Gasteiger partial charge is 0.459 e. The third-order valence-corrected chi connectivity index (χ3v) is 8.65. The van der Waals surface area contributed by atoms with Gasteiger partial charge in [0.1, 0.15) is 29.5 Å². The molecule has 42 heavy (non-hydrogen) atoms. The van der Waals surface area contributed by atoms with Crippen molar-refractivity contribution in [1.82, 2.24) is 24.6 Å². The minimum atomic E-state index is -4.50. The van der Waals surface area contributed by atoms with E-state index < -0.39 is 44.1 Å². The maximum absolute atomic E-state index is 14.4. The summed E-state index contributed by atoms with van der Waals surface area (Å²) in [6.45, 7) is 0.385. The molecule has 1 aliphatic rings. The number of halogens is 1. The van der Waals surface area contributed by atoms with Crippen LogP contribution < -0.4 is 15.3 Å². The standard InChI is InChI=1S/C27H34FN6O7P/c1-4-27(16-35,38-3)21(15-34-17-30-22-23(29)31-26(28)32-24(22)34)41-42(37,40-20-13-9-6-10-14-20)33-18(2)25(36)39-19-11-7-5-8-12-19/h1,6,9-10,13-14,17-19,21,35H,5,7-8,11-12,15-16H2,2-3H3,(H,33,37)(H2,29,31,32)/t18-,21-,27+,42?/m0/s1. The molecule has 1 fully saturated rings. The molecular weight excluding hydrogens is 570 g/mol. The lowest BCUT2D eigenvalue weighted by Crippen LogP contribution is -2.50. The molecular formula is C27H34FN6O7P. The average Bonchev–Trinajstić information content (AvgIpc) is 3.37. The van der Waals surface area contributed by atoms with Crippen molar-refractivity contribution in [2.75, 3.05) is 19.5 Å². The monoisotopic (exact) mass is 604 g/mol. The summed E-state index contributed by atoms with van der Waals surface area (Å²) in [5.74, 6) is 1.67. The predicted octanol–water partition coefficient (Wildman–Crippen LogP) is 2.98. The number of benzene rings is 1. The van der Waals surface area contributed by atoms with Crippen LogP contribution in [0.4, 0.5) is 10.2 Å². The molecule has 226 valence electrons. The molecule has 1 aromatic carbocycles. The molecule has 0 aliphatic heterocycles. The largest absolute Gasteiger partial charge is 0.461 e. The minimum absolute atomic E-state index is 0.00948. The second kappa shape index (κ2) is 13.6. The number of imidazole rings is 1. The van der Waals surface area contributed by atoms with Crippen LogP contribution in [-0.4, -0.2) is 68.2 Å². The van der Waals surface area contributed by atoms with E-state index in [1.165, 1.54) is 24.9 Å². The Hall–Kier alpha value is -3.60. The molecule has 0 radical (unpaired) electrons. The Morgan fingerprint density at radius 3 is 2.67 bits per heavy atom. The van der Waals surface area contributed by atoms with Crippen molar-refractivity contribution in [3.63, 3.8) is 0 Å². The lowest BCUT2D eigenvalue weighted by Gasteiger charge is -2.36. The number of terminal acetylenes is 1. The van der Waals surface area contributed by atoms with Crippen molar-refractivity contribution in [3.05, 3.63) is 42.7 Å². The number of ether oxygens (including phenoxy) is 2. The molecule has 1 saturated carbocycles. The Morgan fingerprint density at radius 1 is 1.31 bits per heavy atom. The first-order valence-electron chi connectivity index (χ1n) is 13.4. The van der Waals surface area contributed by atoms with Gasteiger partial charge in [0.05, 0.1) is 19.5 Å². The first-order chi connectivity index (χ1) is 20.1. The highest BCUT2D eigenvalue weighted by Gasteiger charge is 2.45. The number of aromatic nitrogens is 4. The number of fused-ring (bicyclic) bond motifs is 1. The third-order valence-electron chi connectivity index (χ3n) is 6.96. The summed E-state index contributed by atoms with van der Waals surface area (Å²) >= 11 is 0. The molecule has 13 nitrogen and oxygen atoms in total. The van der Waals surface area contributed by atoms with Gasteiger partial charge < -0.3 is 29.4 Å². The number of carbonyl (C=O) groups is 1. The van der Waals surface area contributed by atoms with Gasteiger partial charge in [-0.05, 0) is 44.7 Å². The number of carbonyl (C=O) groups excluding carboxylic acids is 1. The Kier molecular flexibility index (Phi) is 10.1. The van der Waals surface area contributed by atoms with Crippen LogP contribution in [0.15, 0.2) is 36.7 Å². The van der Waals surface area contributed by atoms with Crippen LogP contribution in [0.3, 0.4) is 0 Å².